The van der Waals surface area contributed by atoms with Gasteiger partial charge in [0.05, 0.1) is 26.9 Å². The molecule has 1 fully saturated rings. The third kappa shape index (κ3) is 3.74. The van der Waals surface area contributed by atoms with Crippen molar-refractivity contribution in [2.45, 2.75) is 38.5 Å². The summed E-state index contributed by atoms with van der Waals surface area (Å²) in [6.07, 6.45) is 1.78. The van der Waals surface area contributed by atoms with Crippen molar-refractivity contribution in [3.63, 3.8) is 0 Å². The highest BCUT2D eigenvalue weighted by Crippen LogP contribution is 2.34. The second kappa shape index (κ2) is 7.51. The summed E-state index contributed by atoms with van der Waals surface area (Å²) in [6, 6.07) is 4.01. The summed E-state index contributed by atoms with van der Waals surface area (Å²) in [6.45, 7) is 6.54. The van der Waals surface area contributed by atoms with E-state index >= 15 is 0 Å². The Morgan fingerprint density at radius 1 is 1.32 bits per heavy atom. The number of benzene rings is 1. The monoisotopic (exact) mass is 407 g/mol. The average Bonchev–Trinajstić information content (AvgIpc) is 2.88. The lowest BCUT2D eigenvalue weighted by Gasteiger charge is -2.30. The molecule has 10 heteroatoms. The van der Waals surface area contributed by atoms with Gasteiger partial charge in [-0.25, -0.2) is 8.42 Å². The molecule has 0 saturated carbocycles. The number of piperidine rings is 1. The maximum atomic E-state index is 13.0. The Morgan fingerprint density at radius 2 is 2.04 bits per heavy atom. The fraction of sp³-hybridized carbons (Fsp3) is 0.500. The molecule has 2 heterocycles. The van der Waals surface area contributed by atoms with Gasteiger partial charge in [0.1, 0.15) is 5.69 Å². The van der Waals surface area contributed by atoms with E-state index in [0.717, 1.165) is 24.6 Å². The van der Waals surface area contributed by atoms with Crippen molar-refractivity contribution in [1.29, 1.82) is 0 Å². The molecule has 2 aromatic rings. The number of aryl methyl sites for hydroxylation is 2. The van der Waals surface area contributed by atoms with Crippen LogP contribution in [0.5, 0.6) is 0 Å². The first-order valence-electron chi connectivity index (χ1n) is 9.17. The van der Waals surface area contributed by atoms with Gasteiger partial charge in [0.15, 0.2) is 0 Å². The smallest absolute Gasteiger partial charge is 0.294 e. The second-order valence-corrected chi connectivity index (χ2v) is 9.28. The number of hydrogen-bond acceptors (Lipinski definition) is 6. The molecule has 3 rings (SSSR count). The van der Waals surface area contributed by atoms with E-state index in [4.69, 9.17) is 0 Å². The summed E-state index contributed by atoms with van der Waals surface area (Å²) in [4.78, 5) is 11.0. The van der Waals surface area contributed by atoms with Gasteiger partial charge in [0.25, 0.3) is 5.69 Å². The molecule has 9 nitrogen and oxygen atoms in total. The first-order chi connectivity index (χ1) is 13.1. The van der Waals surface area contributed by atoms with Crippen LogP contribution in [0.4, 0.5) is 17.1 Å². The first kappa shape index (κ1) is 20.3. The van der Waals surface area contributed by atoms with Crippen molar-refractivity contribution in [3.05, 3.63) is 39.7 Å². The molecule has 1 unspecified atom stereocenters. The van der Waals surface area contributed by atoms with Crippen LogP contribution < -0.4 is 5.32 Å². The van der Waals surface area contributed by atoms with Gasteiger partial charge in [-0.1, -0.05) is 6.92 Å². The van der Waals surface area contributed by atoms with Crippen LogP contribution in [0.3, 0.4) is 0 Å². The number of nitrogens with zero attached hydrogens (tertiary/aromatic N) is 4. The highest BCUT2D eigenvalue weighted by Gasteiger charge is 2.30. The minimum atomic E-state index is -3.77. The summed E-state index contributed by atoms with van der Waals surface area (Å²) < 4.78 is 29.0. The van der Waals surface area contributed by atoms with Gasteiger partial charge in [-0.15, -0.1) is 0 Å². The Hall–Kier alpha value is -2.46. The second-order valence-electron chi connectivity index (χ2n) is 7.34. The average molecular weight is 407 g/mol. The van der Waals surface area contributed by atoms with Crippen molar-refractivity contribution in [3.8, 4) is 0 Å². The lowest BCUT2D eigenvalue weighted by Crippen LogP contribution is -2.39. The number of anilines is 2. The molecule has 1 aliphatic heterocycles. The molecule has 0 bridgehead atoms. The lowest BCUT2D eigenvalue weighted by molar-refractivity contribution is -0.384. The van der Waals surface area contributed by atoms with Gasteiger partial charge in [-0.05, 0) is 44.7 Å². The van der Waals surface area contributed by atoms with Crippen LogP contribution in [-0.4, -0.2) is 40.5 Å². The van der Waals surface area contributed by atoms with Gasteiger partial charge in [0.2, 0.25) is 10.0 Å². The predicted molar refractivity (Wildman–Crippen MR) is 106 cm³/mol. The Kier molecular flexibility index (Phi) is 5.44. The molecule has 1 saturated heterocycles. The van der Waals surface area contributed by atoms with E-state index in [2.05, 4.69) is 10.4 Å². The van der Waals surface area contributed by atoms with Gasteiger partial charge >= 0.3 is 0 Å². The van der Waals surface area contributed by atoms with E-state index < -0.39 is 14.9 Å². The summed E-state index contributed by atoms with van der Waals surface area (Å²) in [5.74, 6) is 0.274. The predicted octanol–water partition coefficient (Wildman–Crippen LogP) is 3.11. The number of hydrogen-bond donors (Lipinski definition) is 1. The quantitative estimate of drug-likeness (QED) is 0.602. The molecule has 152 valence electrons. The van der Waals surface area contributed by atoms with Crippen LogP contribution in [0.15, 0.2) is 23.1 Å². The SMILES string of the molecule is Cc1nn(C)c(C)c1Nc1ccc(S(=O)(=O)N2CCCC(C)C2)cc1[N+](=O)[O-]. The molecule has 0 amide bonds. The number of sulfonamides is 1. The van der Waals surface area contributed by atoms with Crippen molar-refractivity contribution >= 4 is 27.1 Å². The zero-order valence-electron chi connectivity index (χ0n) is 16.5. The standard InChI is InChI=1S/C18H25N5O4S/c1-12-6-5-9-22(11-12)28(26,27)15-7-8-16(17(10-15)23(24)25)19-18-13(2)20-21(4)14(18)3/h7-8,10,12,19H,5-6,9,11H2,1-4H3. The molecule has 1 aromatic carbocycles. The van der Waals surface area contributed by atoms with Crippen molar-refractivity contribution in [2.75, 3.05) is 18.4 Å². The Labute approximate surface area is 164 Å². The molecule has 28 heavy (non-hydrogen) atoms. The van der Waals surface area contributed by atoms with E-state index in [1.807, 2.05) is 13.8 Å². The van der Waals surface area contributed by atoms with Crippen LogP contribution in [0.25, 0.3) is 0 Å². The molecule has 0 radical (unpaired) electrons. The molecule has 1 atom stereocenters. The van der Waals surface area contributed by atoms with Gasteiger partial charge in [0, 0.05) is 26.2 Å². The summed E-state index contributed by atoms with van der Waals surface area (Å²) in [5, 5.41) is 19.0. The van der Waals surface area contributed by atoms with E-state index in [1.54, 1.807) is 18.7 Å². The first-order valence-corrected chi connectivity index (χ1v) is 10.6. The van der Waals surface area contributed by atoms with Crippen LogP contribution in [-0.2, 0) is 17.1 Å². The van der Waals surface area contributed by atoms with Gasteiger partial charge in [-0.3, -0.25) is 14.8 Å². The van der Waals surface area contributed by atoms with Crippen LogP contribution in [0.1, 0.15) is 31.2 Å². The van der Waals surface area contributed by atoms with E-state index in [1.165, 1.54) is 16.4 Å². The summed E-state index contributed by atoms with van der Waals surface area (Å²) in [5.41, 5.74) is 2.15. The normalized spacial score (nSPS) is 18.2. The molecule has 1 aliphatic rings. The number of nitro groups is 1. The van der Waals surface area contributed by atoms with E-state index in [-0.39, 0.29) is 22.2 Å². The largest absolute Gasteiger partial charge is 0.347 e. The maximum Gasteiger partial charge on any atom is 0.294 e. The fourth-order valence-electron chi connectivity index (χ4n) is 3.53. The van der Waals surface area contributed by atoms with E-state index in [9.17, 15) is 18.5 Å². The van der Waals surface area contributed by atoms with Gasteiger partial charge < -0.3 is 5.32 Å². The number of aromatic nitrogens is 2. The van der Waals surface area contributed by atoms with E-state index in [0.29, 0.717) is 24.5 Å². The molecular weight excluding hydrogens is 382 g/mol. The molecule has 0 spiro atoms. The fourth-order valence-corrected chi connectivity index (χ4v) is 5.15. The molecule has 1 aromatic heterocycles. The minimum Gasteiger partial charge on any atom is -0.347 e. The molecule has 1 N–H and O–H groups in total. The Bertz CT molecular complexity index is 1020. The molecular formula is C18H25N5O4S. The van der Waals surface area contributed by atoms with Crippen LogP contribution >= 0.6 is 0 Å². The van der Waals surface area contributed by atoms with Crippen molar-refractivity contribution in [1.82, 2.24) is 14.1 Å². The number of nitrogens with one attached hydrogen (secondary N) is 1. The third-order valence-electron chi connectivity index (χ3n) is 5.19. The Morgan fingerprint density at radius 3 is 2.61 bits per heavy atom. The highest BCUT2D eigenvalue weighted by atomic mass is 32.2. The topological polar surface area (TPSA) is 110 Å². The van der Waals surface area contributed by atoms with Crippen molar-refractivity contribution < 1.29 is 13.3 Å². The zero-order chi connectivity index (χ0) is 20.6. The minimum absolute atomic E-state index is 0.0570. The van der Waals surface area contributed by atoms with Crippen LogP contribution in [0, 0.1) is 29.9 Å². The summed E-state index contributed by atoms with van der Waals surface area (Å²) >= 11 is 0. The Balaban J connectivity index is 1.98. The maximum absolute atomic E-state index is 13.0. The zero-order valence-corrected chi connectivity index (χ0v) is 17.3. The lowest BCUT2D eigenvalue weighted by atomic mass is 10.0. The summed E-state index contributed by atoms with van der Waals surface area (Å²) in [7, 11) is -1.98. The van der Waals surface area contributed by atoms with Crippen LogP contribution in [0.2, 0.25) is 0 Å². The van der Waals surface area contributed by atoms with Crippen molar-refractivity contribution in [2.24, 2.45) is 13.0 Å². The highest BCUT2D eigenvalue weighted by molar-refractivity contribution is 7.89. The third-order valence-corrected chi connectivity index (χ3v) is 7.05. The van der Waals surface area contributed by atoms with Gasteiger partial charge in [-0.2, -0.15) is 9.40 Å². The molecule has 0 aliphatic carbocycles. The number of rotatable bonds is 5. The number of nitro benzene ring substituents is 1.